The van der Waals surface area contributed by atoms with Crippen molar-refractivity contribution in [2.45, 2.75) is 44.8 Å². The summed E-state index contributed by atoms with van der Waals surface area (Å²) < 4.78 is 0. The predicted octanol–water partition coefficient (Wildman–Crippen LogP) is 3.89. The van der Waals surface area contributed by atoms with Gasteiger partial charge in [0.2, 0.25) is 0 Å². The number of benzene rings is 1. The van der Waals surface area contributed by atoms with E-state index >= 15 is 0 Å². The van der Waals surface area contributed by atoms with Crippen LogP contribution in [0.5, 0.6) is 0 Å². The van der Waals surface area contributed by atoms with Gasteiger partial charge in [0, 0.05) is 5.25 Å². The number of hydrogen-bond donors (Lipinski definition) is 1. The molecule has 14 heavy (non-hydrogen) atoms. The molecule has 1 aromatic carbocycles. The zero-order valence-electron chi connectivity index (χ0n) is 9.16. The van der Waals surface area contributed by atoms with E-state index in [-0.39, 0.29) is 0 Å². The summed E-state index contributed by atoms with van der Waals surface area (Å²) in [6, 6.07) is 8.97. The second-order valence-electron chi connectivity index (χ2n) is 3.97. The van der Waals surface area contributed by atoms with Gasteiger partial charge < -0.3 is 0 Å². The molecule has 0 heterocycles. The molecule has 0 amide bonds. The molecule has 1 atom stereocenters. The van der Waals surface area contributed by atoms with E-state index in [1.54, 1.807) is 0 Å². The van der Waals surface area contributed by atoms with Crippen LogP contribution in [0.2, 0.25) is 0 Å². The monoisotopic (exact) mass is 208 g/mol. The normalized spacial score (nSPS) is 12.8. The van der Waals surface area contributed by atoms with Crippen LogP contribution in [0.3, 0.4) is 0 Å². The predicted molar refractivity (Wildman–Crippen MR) is 67.2 cm³/mol. The fourth-order valence-corrected chi connectivity index (χ4v) is 1.77. The highest BCUT2D eigenvalue weighted by Gasteiger charge is 1.98. The first-order valence-electron chi connectivity index (χ1n) is 5.48. The molecular weight excluding hydrogens is 188 g/mol. The Balaban J connectivity index is 2.50. The Labute approximate surface area is 93.1 Å². The van der Waals surface area contributed by atoms with Crippen LogP contribution in [-0.4, -0.2) is 5.25 Å². The molecule has 0 aliphatic heterocycles. The molecule has 1 unspecified atom stereocenters. The molecule has 0 fully saturated rings. The summed E-state index contributed by atoms with van der Waals surface area (Å²) in [5, 5.41) is 0.455. The van der Waals surface area contributed by atoms with Gasteiger partial charge in [-0.3, -0.25) is 0 Å². The fraction of sp³-hybridized carbons (Fsp3) is 0.538. The molecule has 0 radical (unpaired) electrons. The number of unbranched alkanes of at least 4 members (excludes halogenated alkanes) is 1. The van der Waals surface area contributed by atoms with E-state index in [0.29, 0.717) is 5.25 Å². The smallest absolute Gasteiger partial charge is 0.00288 e. The summed E-state index contributed by atoms with van der Waals surface area (Å²) in [6.45, 7) is 4.37. The second kappa shape index (κ2) is 6.13. The van der Waals surface area contributed by atoms with Crippen LogP contribution in [0, 0.1) is 0 Å². The first-order chi connectivity index (χ1) is 6.72. The average Bonchev–Trinajstić information content (AvgIpc) is 2.16. The van der Waals surface area contributed by atoms with Gasteiger partial charge in [0.25, 0.3) is 0 Å². The first-order valence-corrected chi connectivity index (χ1v) is 6.00. The summed E-state index contributed by atoms with van der Waals surface area (Å²) >= 11 is 4.39. The average molecular weight is 208 g/mol. The molecule has 0 aliphatic carbocycles. The van der Waals surface area contributed by atoms with Gasteiger partial charge in [-0.15, -0.1) is 0 Å². The molecule has 1 heteroatoms. The van der Waals surface area contributed by atoms with Crippen LogP contribution in [0.4, 0.5) is 0 Å². The molecule has 0 nitrogen and oxygen atoms in total. The minimum atomic E-state index is 0.455. The van der Waals surface area contributed by atoms with E-state index in [1.807, 2.05) is 0 Å². The zero-order chi connectivity index (χ0) is 10.4. The summed E-state index contributed by atoms with van der Waals surface area (Å²) in [6.07, 6.45) is 4.85. The lowest BCUT2D eigenvalue weighted by Crippen LogP contribution is -1.97. The zero-order valence-corrected chi connectivity index (χ0v) is 10.1. The summed E-state index contributed by atoms with van der Waals surface area (Å²) in [5.41, 5.74) is 2.86. The molecule has 0 bridgehead atoms. The van der Waals surface area contributed by atoms with Crippen molar-refractivity contribution >= 4 is 12.6 Å². The van der Waals surface area contributed by atoms with Crippen molar-refractivity contribution in [3.05, 3.63) is 35.4 Å². The third-order valence-electron chi connectivity index (χ3n) is 2.37. The Hall–Kier alpha value is -0.430. The summed E-state index contributed by atoms with van der Waals surface area (Å²) in [4.78, 5) is 0. The third kappa shape index (κ3) is 4.19. The Morgan fingerprint density at radius 3 is 2.21 bits per heavy atom. The van der Waals surface area contributed by atoms with Crippen LogP contribution in [0.15, 0.2) is 24.3 Å². The molecule has 0 aliphatic rings. The van der Waals surface area contributed by atoms with Crippen LogP contribution < -0.4 is 0 Å². The minimum Gasteiger partial charge on any atom is -0.176 e. The third-order valence-corrected chi connectivity index (χ3v) is 2.56. The maximum absolute atomic E-state index is 4.39. The molecule has 1 rings (SSSR count). The van der Waals surface area contributed by atoms with Gasteiger partial charge in [0.1, 0.15) is 0 Å². The molecule has 0 aromatic heterocycles. The lowest BCUT2D eigenvalue weighted by molar-refractivity contribution is 0.794. The van der Waals surface area contributed by atoms with Crippen molar-refractivity contribution in [2.75, 3.05) is 0 Å². The van der Waals surface area contributed by atoms with Crippen LogP contribution >= 0.6 is 12.6 Å². The maximum atomic E-state index is 4.39. The molecule has 78 valence electrons. The van der Waals surface area contributed by atoms with E-state index in [4.69, 9.17) is 0 Å². The van der Waals surface area contributed by atoms with Gasteiger partial charge in [-0.1, -0.05) is 44.5 Å². The van der Waals surface area contributed by atoms with Crippen LogP contribution in [0.25, 0.3) is 0 Å². The van der Waals surface area contributed by atoms with Crippen molar-refractivity contribution in [1.29, 1.82) is 0 Å². The quantitative estimate of drug-likeness (QED) is 0.697. The van der Waals surface area contributed by atoms with Crippen LogP contribution in [-0.2, 0) is 12.8 Å². The SMILES string of the molecule is CCCCc1ccc(CC(C)S)cc1. The summed E-state index contributed by atoms with van der Waals surface area (Å²) in [7, 11) is 0. The van der Waals surface area contributed by atoms with Crippen molar-refractivity contribution in [3.63, 3.8) is 0 Å². The van der Waals surface area contributed by atoms with Gasteiger partial charge >= 0.3 is 0 Å². The Morgan fingerprint density at radius 2 is 1.71 bits per heavy atom. The molecular formula is C13H20S. The molecule has 0 saturated heterocycles. The molecule has 0 spiro atoms. The Morgan fingerprint density at radius 1 is 1.14 bits per heavy atom. The van der Waals surface area contributed by atoms with Gasteiger partial charge in [0.15, 0.2) is 0 Å². The highest BCUT2D eigenvalue weighted by molar-refractivity contribution is 7.80. The van der Waals surface area contributed by atoms with E-state index in [2.05, 4.69) is 50.7 Å². The van der Waals surface area contributed by atoms with Crippen molar-refractivity contribution in [2.24, 2.45) is 0 Å². The Kier molecular flexibility index (Phi) is 5.10. The van der Waals surface area contributed by atoms with Gasteiger partial charge in [0.05, 0.1) is 0 Å². The number of thiol groups is 1. The Bertz CT molecular complexity index is 248. The lowest BCUT2D eigenvalue weighted by Gasteiger charge is -2.05. The lowest BCUT2D eigenvalue weighted by atomic mass is 10.0. The topological polar surface area (TPSA) is 0 Å². The van der Waals surface area contributed by atoms with Crippen molar-refractivity contribution in [1.82, 2.24) is 0 Å². The maximum Gasteiger partial charge on any atom is 0.00288 e. The fourth-order valence-electron chi connectivity index (χ4n) is 1.56. The van der Waals surface area contributed by atoms with E-state index < -0.39 is 0 Å². The van der Waals surface area contributed by atoms with Gasteiger partial charge in [-0.2, -0.15) is 12.6 Å². The highest BCUT2D eigenvalue weighted by atomic mass is 32.1. The minimum absolute atomic E-state index is 0.455. The van der Waals surface area contributed by atoms with Crippen molar-refractivity contribution < 1.29 is 0 Å². The van der Waals surface area contributed by atoms with E-state index in [1.165, 1.54) is 30.4 Å². The largest absolute Gasteiger partial charge is 0.176 e. The van der Waals surface area contributed by atoms with Crippen LogP contribution in [0.1, 0.15) is 37.8 Å². The standard InChI is InChI=1S/C13H20S/c1-3-4-5-12-6-8-13(9-7-12)10-11(2)14/h6-9,11,14H,3-5,10H2,1-2H3. The first kappa shape index (κ1) is 11.6. The number of rotatable bonds is 5. The molecule has 0 saturated carbocycles. The van der Waals surface area contributed by atoms with Gasteiger partial charge in [-0.05, 0) is 30.4 Å². The second-order valence-corrected chi connectivity index (χ2v) is 4.85. The number of aryl methyl sites for hydroxylation is 1. The number of hydrogen-bond acceptors (Lipinski definition) is 1. The van der Waals surface area contributed by atoms with Gasteiger partial charge in [-0.25, -0.2) is 0 Å². The molecule has 1 aromatic rings. The highest BCUT2D eigenvalue weighted by Crippen LogP contribution is 2.11. The molecule has 0 N–H and O–H groups in total. The van der Waals surface area contributed by atoms with E-state index in [0.717, 1.165) is 6.42 Å². The van der Waals surface area contributed by atoms with E-state index in [9.17, 15) is 0 Å². The van der Waals surface area contributed by atoms with Crippen molar-refractivity contribution in [3.8, 4) is 0 Å². The summed E-state index contributed by atoms with van der Waals surface area (Å²) in [5.74, 6) is 0.